The highest BCUT2D eigenvalue weighted by atomic mass is 32.1. The Labute approximate surface area is 159 Å². The maximum Gasteiger partial charge on any atom is 0.253 e. The Morgan fingerprint density at radius 1 is 1.19 bits per heavy atom. The molecule has 0 saturated heterocycles. The van der Waals surface area contributed by atoms with E-state index in [0.29, 0.717) is 18.7 Å². The average molecular weight is 374 g/mol. The van der Waals surface area contributed by atoms with Crippen LogP contribution in [0.25, 0.3) is 0 Å². The van der Waals surface area contributed by atoms with Crippen LogP contribution in [0.5, 0.6) is 0 Å². The first-order chi connectivity index (χ1) is 12.4. The zero-order valence-corrected chi connectivity index (χ0v) is 16.9. The average Bonchev–Trinajstić information content (AvgIpc) is 2.94. The van der Waals surface area contributed by atoms with Crippen molar-refractivity contribution in [1.29, 1.82) is 0 Å². The van der Waals surface area contributed by atoms with Crippen molar-refractivity contribution in [3.63, 3.8) is 0 Å². The molecule has 0 saturated carbocycles. The topological polar surface area (TPSA) is 69.6 Å². The molecule has 1 amide bonds. The number of thiazole rings is 1. The van der Waals surface area contributed by atoms with Crippen molar-refractivity contribution in [2.75, 3.05) is 20.6 Å². The summed E-state index contributed by atoms with van der Waals surface area (Å²) in [7, 11) is 3.50. The quantitative estimate of drug-likeness (QED) is 0.603. The maximum atomic E-state index is 11.9. The van der Waals surface area contributed by atoms with E-state index in [1.54, 1.807) is 30.3 Å². The summed E-state index contributed by atoms with van der Waals surface area (Å²) in [6.07, 6.45) is 0. The van der Waals surface area contributed by atoms with E-state index in [1.807, 2.05) is 45.0 Å². The van der Waals surface area contributed by atoms with Gasteiger partial charge in [-0.2, -0.15) is 0 Å². The number of amides is 1. The zero-order valence-electron chi connectivity index (χ0n) is 16.1. The molecule has 140 valence electrons. The van der Waals surface area contributed by atoms with Crippen molar-refractivity contribution >= 4 is 23.2 Å². The summed E-state index contributed by atoms with van der Waals surface area (Å²) in [5.74, 6) is 0.775. The Bertz CT molecular complexity index is 765. The van der Waals surface area contributed by atoms with Crippen LogP contribution in [-0.4, -0.2) is 42.4 Å². The number of carbonyl (C=O) groups is 1. The van der Waals surface area contributed by atoms with Gasteiger partial charge in [-0.15, -0.1) is 11.3 Å². The van der Waals surface area contributed by atoms with Gasteiger partial charge in [-0.3, -0.25) is 4.79 Å². The van der Waals surface area contributed by atoms with Gasteiger partial charge in [-0.05, 0) is 38.5 Å². The number of rotatable bonds is 6. The molecule has 6 nitrogen and oxygen atoms in total. The lowest BCUT2D eigenvalue weighted by Gasteiger charge is -2.12. The van der Waals surface area contributed by atoms with Gasteiger partial charge in [0.1, 0.15) is 0 Å². The molecule has 0 unspecified atom stereocenters. The molecule has 0 atom stereocenters. The van der Waals surface area contributed by atoms with Gasteiger partial charge in [0.2, 0.25) is 0 Å². The van der Waals surface area contributed by atoms with E-state index in [-0.39, 0.29) is 5.91 Å². The lowest BCUT2D eigenvalue weighted by Crippen LogP contribution is -2.36. The standard InChI is InChI=1S/C19H27N5OS/c1-6-20-19(22-12-17-13(2)23-14(3)26-17)21-11-15-7-9-16(10-8-15)18(25)24(4)5/h7-10H,6,11-12H2,1-5H3,(H2,20,21,22). The van der Waals surface area contributed by atoms with E-state index >= 15 is 0 Å². The lowest BCUT2D eigenvalue weighted by atomic mass is 10.1. The first-order valence-electron chi connectivity index (χ1n) is 8.66. The first kappa shape index (κ1) is 19.9. The van der Waals surface area contributed by atoms with E-state index in [1.165, 1.54) is 4.88 Å². The largest absolute Gasteiger partial charge is 0.357 e. The van der Waals surface area contributed by atoms with Crippen LogP contribution < -0.4 is 10.6 Å². The smallest absolute Gasteiger partial charge is 0.253 e. The summed E-state index contributed by atoms with van der Waals surface area (Å²) >= 11 is 1.70. The molecule has 0 spiro atoms. The number of aryl methyl sites for hydroxylation is 2. The van der Waals surface area contributed by atoms with Gasteiger partial charge < -0.3 is 15.5 Å². The number of carbonyl (C=O) groups excluding carboxylic acids is 1. The fraction of sp³-hybridized carbons (Fsp3) is 0.421. The third-order valence-electron chi connectivity index (χ3n) is 3.79. The molecule has 0 aliphatic heterocycles. The van der Waals surface area contributed by atoms with Crippen molar-refractivity contribution in [2.24, 2.45) is 4.99 Å². The molecule has 1 aromatic heterocycles. The molecule has 26 heavy (non-hydrogen) atoms. The predicted molar refractivity (Wildman–Crippen MR) is 108 cm³/mol. The van der Waals surface area contributed by atoms with Gasteiger partial charge in [-0.1, -0.05) is 12.1 Å². The Morgan fingerprint density at radius 2 is 1.88 bits per heavy atom. The highest BCUT2D eigenvalue weighted by Crippen LogP contribution is 2.16. The minimum absolute atomic E-state index is 0.00489. The van der Waals surface area contributed by atoms with Crippen molar-refractivity contribution in [3.8, 4) is 0 Å². The molecule has 0 fully saturated rings. The van der Waals surface area contributed by atoms with Crippen LogP contribution in [0, 0.1) is 13.8 Å². The number of nitrogens with zero attached hydrogens (tertiary/aromatic N) is 3. The highest BCUT2D eigenvalue weighted by molar-refractivity contribution is 7.11. The molecule has 2 N–H and O–H groups in total. The molecule has 2 aromatic rings. The van der Waals surface area contributed by atoms with E-state index in [0.717, 1.165) is 28.8 Å². The maximum absolute atomic E-state index is 11.9. The van der Waals surface area contributed by atoms with E-state index in [4.69, 9.17) is 0 Å². The van der Waals surface area contributed by atoms with Gasteiger partial charge in [0, 0.05) is 31.1 Å². The van der Waals surface area contributed by atoms with E-state index in [9.17, 15) is 4.79 Å². The molecule has 0 radical (unpaired) electrons. The number of aliphatic imine (C=N–C) groups is 1. The fourth-order valence-electron chi connectivity index (χ4n) is 2.42. The fourth-order valence-corrected chi connectivity index (χ4v) is 3.30. The molecular weight excluding hydrogens is 346 g/mol. The minimum atomic E-state index is 0.00489. The van der Waals surface area contributed by atoms with Gasteiger partial charge in [-0.25, -0.2) is 9.98 Å². The monoisotopic (exact) mass is 373 g/mol. The Morgan fingerprint density at radius 3 is 2.42 bits per heavy atom. The Balaban J connectivity index is 1.99. The van der Waals surface area contributed by atoms with Crippen LogP contribution in [0.3, 0.4) is 0 Å². The molecule has 2 rings (SSSR count). The molecule has 0 bridgehead atoms. The Hall–Kier alpha value is -2.41. The Kier molecular flexibility index (Phi) is 7.15. The molecule has 0 aliphatic carbocycles. The number of nitrogens with one attached hydrogen (secondary N) is 2. The number of hydrogen-bond donors (Lipinski definition) is 2. The number of benzene rings is 1. The lowest BCUT2D eigenvalue weighted by molar-refractivity contribution is 0.0827. The van der Waals surface area contributed by atoms with Crippen molar-refractivity contribution < 1.29 is 4.79 Å². The second kappa shape index (κ2) is 9.33. The molecular formula is C19H27N5OS. The van der Waals surface area contributed by atoms with E-state index in [2.05, 4.69) is 20.6 Å². The third-order valence-corrected chi connectivity index (χ3v) is 4.86. The number of aromatic nitrogens is 1. The number of hydrogen-bond acceptors (Lipinski definition) is 4. The van der Waals surface area contributed by atoms with Crippen LogP contribution in [0.2, 0.25) is 0 Å². The minimum Gasteiger partial charge on any atom is -0.357 e. The summed E-state index contributed by atoms with van der Waals surface area (Å²) in [6.45, 7) is 8.14. The summed E-state index contributed by atoms with van der Waals surface area (Å²) in [6, 6.07) is 7.58. The normalized spacial score (nSPS) is 11.3. The van der Waals surface area contributed by atoms with Crippen LogP contribution in [-0.2, 0) is 13.1 Å². The highest BCUT2D eigenvalue weighted by Gasteiger charge is 2.08. The van der Waals surface area contributed by atoms with E-state index < -0.39 is 0 Å². The first-order valence-corrected chi connectivity index (χ1v) is 9.48. The van der Waals surface area contributed by atoms with Gasteiger partial charge in [0.25, 0.3) is 5.91 Å². The summed E-state index contributed by atoms with van der Waals surface area (Å²) < 4.78 is 0. The molecule has 1 aromatic carbocycles. The van der Waals surface area contributed by atoms with Crippen LogP contribution in [0.4, 0.5) is 0 Å². The SMILES string of the molecule is CCNC(=NCc1ccc(C(=O)N(C)C)cc1)NCc1sc(C)nc1C. The second-order valence-electron chi connectivity index (χ2n) is 6.19. The predicted octanol–water partition coefficient (Wildman–Crippen LogP) is 2.72. The third kappa shape index (κ3) is 5.56. The van der Waals surface area contributed by atoms with Crippen LogP contribution in [0.15, 0.2) is 29.3 Å². The molecule has 1 heterocycles. The van der Waals surface area contributed by atoms with Crippen molar-refractivity contribution in [3.05, 3.63) is 51.0 Å². The zero-order chi connectivity index (χ0) is 19.1. The van der Waals surface area contributed by atoms with Crippen LogP contribution in [0.1, 0.15) is 38.4 Å². The number of guanidine groups is 1. The summed E-state index contributed by atoms with van der Waals surface area (Å²) in [4.78, 5) is 23.8. The summed E-state index contributed by atoms with van der Waals surface area (Å²) in [5, 5.41) is 7.69. The van der Waals surface area contributed by atoms with Crippen molar-refractivity contribution in [1.82, 2.24) is 20.5 Å². The molecule has 0 aliphatic rings. The van der Waals surface area contributed by atoms with Gasteiger partial charge in [0.15, 0.2) is 5.96 Å². The van der Waals surface area contributed by atoms with Crippen molar-refractivity contribution in [2.45, 2.75) is 33.9 Å². The summed E-state index contributed by atoms with van der Waals surface area (Å²) in [5.41, 5.74) is 2.81. The second-order valence-corrected chi connectivity index (χ2v) is 7.47. The van der Waals surface area contributed by atoms with Crippen LogP contribution >= 0.6 is 11.3 Å². The molecule has 7 heteroatoms. The van der Waals surface area contributed by atoms with Gasteiger partial charge in [0.05, 0.1) is 23.8 Å². The van der Waals surface area contributed by atoms with Gasteiger partial charge >= 0.3 is 0 Å².